The molecule has 2 aliphatic carbocycles. The van der Waals surface area contributed by atoms with Gasteiger partial charge in [-0.3, -0.25) is 9.59 Å². The second kappa shape index (κ2) is 5.72. The number of aromatic nitrogens is 1. The van der Waals surface area contributed by atoms with Gasteiger partial charge in [-0.1, -0.05) is 29.6 Å². The molecule has 3 aliphatic rings. The maximum Gasteiger partial charge on any atom is 0.290 e. The number of hydrogen-bond acceptors (Lipinski definition) is 4. The van der Waals surface area contributed by atoms with Crippen LogP contribution in [0.1, 0.15) is 49.1 Å². The Labute approximate surface area is 143 Å². The number of alkyl halides is 1. The highest BCUT2D eigenvalue weighted by molar-refractivity contribution is 6.29. The predicted octanol–water partition coefficient (Wildman–Crippen LogP) is 2.33. The number of rotatable bonds is 3. The summed E-state index contributed by atoms with van der Waals surface area (Å²) in [5, 5.41) is 6.61. The minimum absolute atomic E-state index is 0.0592. The van der Waals surface area contributed by atoms with Gasteiger partial charge in [-0.2, -0.15) is 0 Å². The molecule has 2 heterocycles. The first-order valence-corrected chi connectivity index (χ1v) is 8.78. The lowest BCUT2D eigenvalue weighted by atomic mass is 9.88. The zero-order chi connectivity index (χ0) is 16.9. The highest BCUT2D eigenvalue weighted by Crippen LogP contribution is 2.46. The Balaban J connectivity index is 1.53. The van der Waals surface area contributed by atoms with Crippen molar-refractivity contribution in [3.05, 3.63) is 17.0 Å². The standard InChI is InChI=1S/C16H19ClFN3O3/c17-13-8-11(24-20-13)14(22)19-12-3-6-21(15(23)9-7-10(9)18)16(12)4-1-2-5-16/h8-10,12H,1-7H2,(H,19,22). The summed E-state index contributed by atoms with van der Waals surface area (Å²) >= 11 is 5.69. The summed E-state index contributed by atoms with van der Waals surface area (Å²) in [6.45, 7) is 0.560. The van der Waals surface area contributed by atoms with Gasteiger partial charge in [0.25, 0.3) is 5.91 Å². The predicted molar refractivity (Wildman–Crippen MR) is 83.3 cm³/mol. The maximum atomic E-state index is 13.3. The maximum absolute atomic E-state index is 13.3. The van der Waals surface area contributed by atoms with Gasteiger partial charge in [0.2, 0.25) is 11.7 Å². The lowest BCUT2D eigenvalue weighted by molar-refractivity contribution is -0.137. The van der Waals surface area contributed by atoms with E-state index in [1.54, 1.807) is 0 Å². The highest BCUT2D eigenvalue weighted by Gasteiger charge is 2.56. The fourth-order valence-corrected chi connectivity index (χ4v) is 4.42. The van der Waals surface area contributed by atoms with Crippen LogP contribution < -0.4 is 5.32 Å². The van der Waals surface area contributed by atoms with Crippen LogP contribution >= 0.6 is 11.6 Å². The lowest BCUT2D eigenvalue weighted by Crippen LogP contribution is -2.56. The number of nitrogens with one attached hydrogen (secondary N) is 1. The largest absolute Gasteiger partial charge is 0.349 e. The fourth-order valence-electron chi connectivity index (χ4n) is 4.29. The van der Waals surface area contributed by atoms with Gasteiger partial charge in [-0.15, -0.1) is 0 Å². The molecule has 1 spiro atoms. The van der Waals surface area contributed by atoms with Crippen LogP contribution in [0.4, 0.5) is 4.39 Å². The van der Waals surface area contributed by atoms with E-state index in [0.717, 1.165) is 25.7 Å². The van der Waals surface area contributed by atoms with Gasteiger partial charge in [-0.05, 0) is 25.7 Å². The molecule has 2 saturated carbocycles. The average Bonchev–Trinajstić information content (AvgIpc) is 2.97. The summed E-state index contributed by atoms with van der Waals surface area (Å²) in [7, 11) is 0. The molecular weight excluding hydrogens is 337 g/mol. The highest BCUT2D eigenvalue weighted by atomic mass is 35.5. The zero-order valence-electron chi connectivity index (χ0n) is 13.1. The van der Waals surface area contributed by atoms with Crippen molar-refractivity contribution in [2.45, 2.75) is 56.3 Å². The summed E-state index contributed by atoms with van der Waals surface area (Å²) < 4.78 is 18.2. The minimum Gasteiger partial charge on any atom is -0.349 e. The molecule has 0 bridgehead atoms. The number of halogens is 2. The van der Waals surface area contributed by atoms with E-state index in [0.29, 0.717) is 19.4 Å². The summed E-state index contributed by atoms with van der Waals surface area (Å²) in [6.07, 6.45) is 3.69. The average molecular weight is 356 g/mol. The first kappa shape index (κ1) is 15.9. The molecular formula is C16H19ClFN3O3. The zero-order valence-corrected chi connectivity index (χ0v) is 13.9. The summed E-state index contributed by atoms with van der Waals surface area (Å²) in [5.41, 5.74) is -0.390. The molecule has 0 aromatic carbocycles. The van der Waals surface area contributed by atoms with E-state index >= 15 is 0 Å². The van der Waals surface area contributed by atoms with Gasteiger partial charge >= 0.3 is 0 Å². The molecule has 0 radical (unpaired) electrons. The van der Waals surface area contributed by atoms with Crippen LogP contribution in [0.15, 0.2) is 10.6 Å². The number of nitrogens with zero attached hydrogens (tertiary/aromatic N) is 2. The Kier molecular flexibility index (Phi) is 3.78. The normalized spacial score (nSPS) is 30.8. The van der Waals surface area contributed by atoms with Crippen LogP contribution in [0.25, 0.3) is 0 Å². The molecule has 24 heavy (non-hydrogen) atoms. The van der Waals surface area contributed by atoms with Crippen molar-refractivity contribution in [1.29, 1.82) is 0 Å². The summed E-state index contributed by atoms with van der Waals surface area (Å²) in [6, 6.07) is 1.21. The first-order chi connectivity index (χ1) is 11.5. The van der Waals surface area contributed by atoms with E-state index in [-0.39, 0.29) is 28.8 Å². The van der Waals surface area contributed by atoms with E-state index < -0.39 is 17.6 Å². The second-order valence-electron chi connectivity index (χ2n) is 6.99. The van der Waals surface area contributed by atoms with E-state index in [2.05, 4.69) is 10.5 Å². The van der Waals surface area contributed by atoms with Crippen molar-refractivity contribution >= 4 is 23.4 Å². The van der Waals surface area contributed by atoms with Crippen LogP contribution in [0.5, 0.6) is 0 Å². The van der Waals surface area contributed by atoms with Crippen LogP contribution in [-0.2, 0) is 4.79 Å². The van der Waals surface area contributed by atoms with Gasteiger partial charge in [0.15, 0.2) is 5.15 Å². The van der Waals surface area contributed by atoms with Crippen molar-refractivity contribution in [1.82, 2.24) is 15.4 Å². The molecule has 1 aromatic heterocycles. The molecule has 1 aromatic rings. The third-order valence-electron chi connectivity index (χ3n) is 5.60. The summed E-state index contributed by atoms with van der Waals surface area (Å²) in [5.74, 6) is -0.896. The molecule has 130 valence electrons. The molecule has 3 atom stereocenters. The Morgan fingerprint density at radius 1 is 1.42 bits per heavy atom. The summed E-state index contributed by atoms with van der Waals surface area (Å²) in [4.78, 5) is 26.8. The van der Waals surface area contributed by atoms with Gasteiger partial charge in [0.05, 0.1) is 17.5 Å². The van der Waals surface area contributed by atoms with Gasteiger partial charge in [0.1, 0.15) is 6.17 Å². The number of carbonyl (C=O) groups is 2. The number of likely N-dealkylation sites (tertiary alicyclic amines) is 1. The van der Waals surface area contributed by atoms with Crippen LogP contribution in [0.3, 0.4) is 0 Å². The topological polar surface area (TPSA) is 75.4 Å². The van der Waals surface area contributed by atoms with E-state index in [1.807, 2.05) is 4.90 Å². The van der Waals surface area contributed by atoms with E-state index in [1.165, 1.54) is 6.07 Å². The van der Waals surface area contributed by atoms with E-state index in [4.69, 9.17) is 16.1 Å². The molecule has 3 unspecified atom stereocenters. The smallest absolute Gasteiger partial charge is 0.290 e. The third kappa shape index (κ3) is 2.49. The molecule has 2 amide bonds. The van der Waals surface area contributed by atoms with Gasteiger partial charge in [0, 0.05) is 12.6 Å². The number of carbonyl (C=O) groups excluding carboxylic acids is 2. The molecule has 8 heteroatoms. The first-order valence-electron chi connectivity index (χ1n) is 8.40. The Morgan fingerprint density at radius 2 is 2.12 bits per heavy atom. The van der Waals surface area contributed by atoms with Crippen molar-refractivity contribution in [3.8, 4) is 0 Å². The van der Waals surface area contributed by atoms with Crippen molar-refractivity contribution in [2.24, 2.45) is 5.92 Å². The minimum atomic E-state index is -0.999. The van der Waals surface area contributed by atoms with Gasteiger partial charge < -0.3 is 14.7 Å². The lowest BCUT2D eigenvalue weighted by Gasteiger charge is -2.39. The Morgan fingerprint density at radius 3 is 2.71 bits per heavy atom. The van der Waals surface area contributed by atoms with Crippen LogP contribution in [-0.4, -0.2) is 46.2 Å². The quantitative estimate of drug-likeness (QED) is 0.903. The number of hydrogen-bond donors (Lipinski definition) is 1. The molecule has 6 nitrogen and oxygen atoms in total. The third-order valence-corrected chi connectivity index (χ3v) is 5.78. The van der Waals surface area contributed by atoms with Gasteiger partial charge in [-0.25, -0.2) is 4.39 Å². The number of amides is 2. The van der Waals surface area contributed by atoms with Crippen LogP contribution in [0.2, 0.25) is 5.15 Å². The Bertz CT molecular complexity index is 673. The molecule has 4 rings (SSSR count). The molecule has 1 N–H and O–H groups in total. The molecule has 1 aliphatic heterocycles. The molecule has 3 fully saturated rings. The SMILES string of the molecule is O=C(NC1CCN(C(=O)C2CC2F)C12CCCC2)c1cc(Cl)no1. The van der Waals surface area contributed by atoms with Crippen molar-refractivity contribution in [3.63, 3.8) is 0 Å². The molecule has 1 saturated heterocycles. The monoisotopic (exact) mass is 355 g/mol. The van der Waals surface area contributed by atoms with E-state index in [9.17, 15) is 14.0 Å². The van der Waals surface area contributed by atoms with Crippen molar-refractivity contribution < 1.29 is 18.5 Å². The van der Waals surface area contributed by atoms with Crippen molar-refractivity contribution in [2.75, 3.05) is 6.54 Å². The second-order valence-corrected chi connectivity index (χ2v) is 7.37. The fraction of sp³-hybridized carbons (Fsp3) is 0.688. The Hall–Kier alpha value is -1.63. The van der Waals surface area contributed by atoms with Crippen LogP contribution in [0, 0.1) is 5.92 Å².